The van der Waals surface area contributed by atoms with Gasteiger partial charge in [-0.3, -0.25) is 0 Å². The second-order valence-corrected chi connectivity index (χ2v) is 3.18. The van der Waals surface area contributed by atoms with Crippen molar-refractivity contribution in [2.24, 2.45) is 0 Å². The van der Waals surface area contributed by atoms with Gasteiger partial charge >= 0.3 is 5.97 Å². The first kappa shape index (κ1) is 10.3. The van der Waals surface area contributed by atoms with Crippen LogP contribution >= 0.6 is 0 Å². The number of ether oxygens (including phenoxy) is 2. The molecule has 1 saturated heterocycles. The monoisotopic (exact) mass is 184 g/mol. The molecular formula is C10H16O3. The lowest BCUT2D eigenvalue weighted by molar-refractivity contribution is -0.134. The number of rotatable bonds is 2. The third-order valence-corrected chi connectivity index (χ3v) is 2.25. The average Bonchev–Trinajstić information content (AvgIpc) is 2.18. The van der Waals surface area contributed by atoms with Crippen LogP contribution in [0.15, 0.2) is 11.6 Å². The minimum atomic E-state index is -0.258. The maximum atomic E-state index is 10.9. The molecular weight excluding hydrogens is 168 g/mol. The fraction of sp³-hybridized carbons (Fsp3) is 0.700. The van der Waals surface area contributed by atoms with Crippen molar-refractivity contribution in [3.63, 3.8) is 0 Å². The first-order chi connectivity index (χ1) is 6.26. The van der Waals surface area contributed by atoms with Crippen LogP contribution < -0.4 is 0 Å². The number of esters is 1. The lowest BCUT2D eigenvalue weighted by atomic mass is 10.0. The SMILES string of the molecule is CCC1C/C(=C\C(=O)OC)CCO1. The summed E-state index contributed by atoms with van der Waals surface area (Å²) in [6.07, 6.45) is 4.59. The Morgan fingerprint density at radius 3 is 3.15 bits per heavy atom. The summed E-state index contributed by atoms with van der Waals surface area (Å²) in [6.45, 7) is 2.81. The van der Waals surface area contributed by atoms with Gasteiger partial charge in [-0.2, -0.15) is 0 Å². The lowest BCUT2D eigenvalue weighted by Gasteiger charge is -2.23. The van der Waals surface area contributed by atoms with Gasteiger partial charge < -0.3 is 9.47 Å². The fourth-order valence-corrected chi connectivity index (χ4v) is 1.43. The Balaban J connectivity index is 2.50. The summed E-state index contributed by atoms with van der Waals surface area (Å²) in [5.41, 5.74) is 1.14. The highest BCUT2D eigenvalue weighted by Crippen LogP contribution is 2.20. The Hall–Kier alpha value is -0.830. The van der Waals surface area contributed by atoms with Gasteiger partial charge in [0, 0.05) is 6.08 Å². The molecule has 1 rings (SSSR count). The molecule has 0 amide bonds. The van der Waals surface area contributed by atoms with Gasteiger partial charge in [-0.05, 0) is 19.3 Å². The molecule has 0 aromatic rings. The van der Waals surface area contributed by atoms with Crippen LogP contribution in [0.3, 0.4) is 0 Å². The van der Waals surface area contributed by atoms with Crippen LogP contribution in [0.4, 0.5) is 0 Å². The molecule has 0 spiro atoms. The van der Waals surface area contributed by atoms with E-state index in [1.807, 2.05) is 0 Å². The molecule has 74 valence electrons. The molecule has 0 N–H and O–H groups in total. The molecule has 13 heavy (non-hydrogen) atoms. The van der Waals surface area contributed by atoms with E-state index in [-0.39, 0.29) is 12.1 Å². The first-order valence-corrected chi connectivity index (χ1v) is 4.65. The quantitative estimate of drug-likeness (QED) is 0.484. The van der Waals surface area contributed by atoms with Gasteiger partial charge in [0.05, 0.1) is 19.8 Å². The van der Waals surface area contributed by atoms with Crippen molar-refractivity contribution in [2.45, 2.75) is 32.3 Å². The van der Waals surface area contributed by atoms with Crippen molar-refractivity contribution in [2.75, 3.05) is 13.7 Å². The van der Waals surface area contributed by atoms with E-state index in [9.17, 15) is 4.79 Å². The normalized spacial score (nSPS) is 26.0. The molecule has 0 aliphatic carbocycles. The highest BCUT2D eigenvalue weighted by Gasteiger charge is 2.16. The summed E-state index contributed by atoms with van der Waals surface area (Å²) in [6, 6.07) is 0. The van der Waals surface area contributed by atoms with Crippen LogP contribution in [-0.4, -0.2) is 25.8 Å². The predicted octanol–water partition coefficient (Wildman–Crippen LogP) is 1.67. The molecule has 0 radical (unpaired) electrons. The Kier molecular flexibility index (Phi) is 3.96. The molecule has 1 fully saturated rings. The Labute approximate surface area is 78.7 Å². The van der Waals surface area contributed by atoms with Crippen molar-refractivity contribution >= 4 is 5.97 Å². The maximum absolute atomic E-state index is 10.9. The van der Waals surface area contributed by atoms with E-state index >= 15 is 0 Å². The van der Waals surface area contributed by atoms with Crippen LogP contribution in [0.5, 0.6) is 0 Å². The summed E-state index contributed by atoms with van der Waals surface area (Å²) < 4.78 is 10.0. The largest absolute Gasteiger partial charge is 0.466 e. The highest BCUT2D eigenvalue weighted by atomic mass is 16.5. The first-order valence-electron chi connectivity index (χ1n) is 4.65. The van der Waals surface area contributed by atoms with Gasteiger partial charge in [-0.1, -0.05) is 12.5 Å². The number of methoxy groups -OCH3 is 1. The second kappa shape index (κ2) is 5.02. The summed E-state index contributed by atoms with van der Waals surface area (Å²) >= 11 is 0. The van der Waals surface area contributed by atoms with E-state index in [1.165, 1.54) is 7.11 Å². The summed E-state index contributed by atoms with van der Waals surface area (Å²) in [5, 5.41) is 0. The van der Waals surface area contributed by atoms with Crippen LogP contribution in [0.25, 0.3) is 0 Å². The van der Waals surface area contributed by atoms with Gasteiger partial charge in [0.2, 0.25) is 0 Å². The minimum Gasteiger partial charge on any atom is -0.466 e. The molecule has 1 atom stereocenters. The van der Waals surface area contributed by atoms with Crippen molar-refractivity contribution in [1.29, 1.82) is 0 Å². The Morgan fingerprint density at radius 1 is 1.77 bits per heavy atom. The zero-order valence-electron chi connectivity index (χ0n) is 8.21. The summed E-state index contributed by atoms with van der Waals surface area (Å²) in [4.78, 5) is 10.9. The predicted molar refractivity (Wildman–Crippen MR) is 49.4 cm³/mol. The van der Waals surface area contributed by atoms with E-state index in [2.05, 4.69) is 11.7 Å². The summed E-state index contributed by atoms with van der Waals surface area (Å²) in [5.74, 6) is -0.258. The van der Waals surface area contributed by atoms with Gasteiger partial charge in [-0.25, -0.2) is 4.79 Å². The van der Waals surface area contributed by atoms with E-state index in [0.29, 0.717) is 0 Å². The Morgan fingerprint density at radius 2 is 2.54 bits per heavy atom. The van der Waals surface area contributed by atoms with Crippen LogP contribution in [0.1, 0.15) is 26.2 Å². The molecule has 1 heterocycles. The number of carbonyl (C=O) groups is 1. The van der Waals surface area contributed by atoms with Crippen molar-refractivity contribution < 1.29 is 14.3 Å². The van der Waals surface area contributed by atoms with Crippen LogP contribution in [0, 0.1) is 0 Å². The maximum Gasteiger partial charge on any atom is 0.330 e. The molecule has 3 nitrogen and oxygen atoms in total. The molecule has 1 aliphatic heterocycles. The standard InChI is InChI=1S/C10H16O3/c1-3-9-6-8(4-5-13-9)7-10(11)12-2/h7,9H,3-6H2,1-2H3/b8-7-. The van der Waals surface area contributed by atoms with Crippen LogP contribution in [0.2, 0.25) is 0 Å². The van der Waals surface area contributed by atoms with Gasteiger partial charge in [0.15, 0.2) is 0 Å². The van der Waals surface area contributed by atoms with E-state index in [0.717, 1.165) is 31.4 Å². The highest BCUT2D eigenvalue weighted by molar-refractivity contribution is 5.82. The van der Waals surface area contributed by atoms with E-state index in [4.69, 9.17) is 4.74 Å². The van der Waals surface area contributed by atoms with Crippen molar-refractivity contribution in [3.05, 3.63) is 11.6 Å². The number of carbonyl (C=O) groups excluding carboxylic acids is 1. The van der Waals surface area contributed by atoms with Gasteiger partial charge in [0.25, 0.3) is 0 Å². The van der Waals surface area contributed by atoms with Crippen molar-refractivity contribution in [1.82, 2.24) is 0 Å². The molecule has 0 aromatic carbocycles. The third-order valence-electron chi connectivity index (χ3n) is 2.25. The van der Waals surface area contributed by atoms with E-state index in [1.54, 1.807) is 6.08 Å². The summed E-state index contributed by atoms with van der Waals surface area (Å²) in [7, 11) is 1.40. The topological polar surface area (TPSA) is 35.5 Å². The van der Waals surface area contributed by atoms with Gasteiger partial charge in [-0.15, -0.1) is 0 Å². The molecule has 0 aromatic heterocycles. The lowest BCUT2D eigenvalue weighted by Crippen LogP contribution is -2.20. The Bertz CT molecular complexity index is 208. The minimum absolute atomic E-state index is 0.258. The molecule has 3 heteroatoms. The zero-order valence-corrected chi connectivity index (χ0v) is 8.21. The number of hydrogen-bond acceptors (Lipinski definition) is 3. The third kappa shape index (κ3) is 3.19. The zero-order chi connectivity index (χ0) is 9.68. The molecule has 0 bridgehead atoms. The van der Waals surface area contributed by atoms with Crippen LogP contribution in [-0.2, 0) is 14.3 Å². The average molecular weight is 184 g/mol. The number of hydrogen-bond donors (Lipinski definition) is 0. The molecule has 0 saturated carbocycles. The van der Waals surface area contributed by atoms with E-state index < -0.39 is 0 Å². The van der Waals surface area contributed by atoms with Crippen molar-refractivity contribution in [3.8, 4) is 0 Å². The smallest absolute Gasteiger partial charge is 0.330 e. The molecule has 1 aliphatic rings. The second-order valence-electron chi connectivity index (χ2n) is 3.18. The fourth-order valence-electron chi connectivity index (χ4n) is 1.43. The molecule has 1 unspecified atom stereocenters. The van der Waals surface area contributed by atoms with Gasteiger partial charge in [0.1, 0.15) is 0 Å².